The van der Waals surface area contributed by atoms with Crippen molar-refractivity contribution in [1.82, 2.24) is 19.8 Å². The van der Waals surface area contributed by atoms with Crippen molar-refractivity contribution in [2.45, 2.75) is 34.1 Å². The molecular formula is C41H38N4O2. The molecule has 0 saturated carbocycles. The normalized spacial score (nSPS) is 13.6. The lowest BCUT2D eigenvalue weighted by Crippen LogP contribution is -2.37. The molecule has 0 unspecified atom stereocenters. The summed E-state index contributed by atoms with van der Waals surface area (Å²) >= 11 is 0. The summed E-state index contributed by atoms with van der Waals surface area (Å²) in [7, 11) is 0. The fraction of sp³-hybridized carbons (Fsp3) is 0.220. The molecule has 1 fully saturated rings. The SMILES string of the molecule is Cc1ccc(-c2cc(C(=O)N3CCCN(C(=O)c4cc(-c5ccc(C)c(C)c5)nc5ccccc45)CC3)c3ccccc3n2)cc1C. The van der Waals surface area contributed by atoms with Crippen LogP contribution in [0, 0.1) is 27.7 Å². The van der Waals surface area contributed by atoms with Gasteiger partial charge in [-0.3, -0.25) is 9.59 Å². The molecule has 2 aromatic heterocycles. The zero-order valence-corrected chi connectivity index (χ0v) is 27.4. The number of hydrogen-bond donors (Lipinski definition) is 0. The van der Waals surface area contributed by atoms with Crippen LogP contribution in [0.4, 0.5) is 0 Å². The molecule has 4 aromatic carbocycles. The molecular weight excluding hydrogens is 580 g/mol. The Balaban J connectivity index is 1.18. The topological polar surface area (TPSA) is 66.4 Å². The van der Waals surface area contributed by atoms with Crippen molar-refractivity contribution in [3.8, 4) is 22.5 Å². The van der Waals surface area contributed by atoms with Crippen LogP contribution in [0.5, 0.6) is 0 Å². The van der Waals surface area contributed by atoms with E-state index in [1.807, 2.05) is 70.5 Å². The van der Waals surface area contributed by atoms with Gasteiger partial charge in [0, 0.05) is 48.1 Å². The Morgan fingerprint density at radius 3 is 1.36 bits per heavy atom. The van der Waals surface area contributed by atoms with Crippen molar-refractivity contribution in [3.05, 3.63) is 130 Å². The number of nitrogens with zero attached hydrogens (tertiary/aromatic N) is 4. The van der Waals surface area contributed by atoms with Gasteiger partial charge in [-0.1, -0.05) is 60.7 Å². The molecule has 1 saturated heterocycles. The van der Waals surface area contributed by atoms with Crippen LogP contribution in [0.25, 0.3) is 44.3 Å². The maximum Gasteiger partial charge on any atom is 0.254 e. The summed E-state index contributed by atoms with van der Waals surface area (Å²) in [6.45, 7) is 10.4. The summed E-state index contributed by atoms with van der Waals surface area (Å²) in [5, 5.41) is 1.67. The zero-order chi connectivity index (χ0) is 32.7. The predicted octanol–water partition coefficient (Wildman–Crippen LogP) is 8.34. The highest BCUT2D eigenvalue weighted by molar-refractivity contribution is 6.08. The Kier molecular flexibility index (Phi) is 8.02. The summed E-state index contributed by atoms with van der Waals surface area (Å²) < 4.78 is 0. The van der Waals surface area contributed by atoms with Crippen molar-refractivity contribution < 1.29 is 9.59 Å². The van der Waals surface area contributed by atoms with Crippen LogP contribution in [-0.4, -0.2) is 57.8 Å². The molecule has 3 heterocycles. The molecule has 7 rings (SSSR count). The molecule has 0 N–H and O–H groups in total. The molecule has 0 atom stereocenters. The molecule has 1 aliphatic heterocycles. The summed E-state index contributed by atoms with van der Waals surface area (Å²) in [6.07, 6.45) is 0.692. The highest BCUT2D eigenvalue weighted by Crippen LogP contribution is 2.30. The third kappa shape index (κ3) is 5.87. The molecule has 6 aromatic rings. The van der Waals surface area contributed by atoms with Gasteiger partial charge in [0.05, 0.1) is 33.5 Å². The van der Waals surface area contributed by atoms with Crippen molar-refractivity contribution >= 4 is 33.6 Å². The molecule has 0 aliphatic carbocycles. The monoisotopic (exact) mass is 618 g/mol. The van der Waals surface area contributed by atoms with Gasteiger partial charge < -0.3 is 9.80 Å². The van der Waals surface area contributed by atoms with Gasteiger partial charge in [0.15, 0.2) is 0 Å². The predicted molar refractivity (Wildman–Crippen MR) is 190 cm³/mol. The Hall–Kier alpha value is -5.36. The number of benzene rings is 4. The lowest BCUT2D eigenvalue weighted by atomic mass is 10.00. The van der Waals surface area contributed by atoms with E-state index in [-0.39, 0.29) is 11.8 Å². The van der Waals surface area contributed by atoms with E-state index in [1.165, 1.54) is 22.3 Å². The summed E-state index contributed by atoms with van der Waals surface area (Å²) in [5.74, 6) is -0.0660. The van der Waals surface area contributed by atoms with E-state index in [2.05, 4.69) is 64.1 Å². The molecule has 0 spiro atoms. The number of hydrogen-bond acceptors (Lipinski definition) is 4. The van der Waals surface area contributed by atoms with Gasteiger partial charge in [-0.25, -0.2) is 9.97 Å². The van der Waals surface area contributed by atoms with Gasteiger partial charge in [-0.15, -0.1) is 0 Å². The smallest absolute Gasteiger partial charge is 0.254 e. The van der Waals surface area contributed by atoms with Gasteiger partial charge in [0.1, 0.15) is 0 Å². The van der Waals surface area contributed by atoms with Crippen molar-refractivity contribution in [3.63, 3.8) is 0 Å². The third-order valence-electron chi connectivity index (χ3n) is 9.57. The summed E-state index contributed by atoms with van der Waals surface area (Å²) in [6, 6.07) is 32.1. The van der Waals surface area contributed by atoms with Crippen LogP contribution in [0.3, 0.4) is 0 Å². The third-order valence-corrected chi connectivity index (χ3v) is 9.57. The van der Waals surface area contributed by atoms with Crippen molar-refractivity contribution in [2.24, 2.45) is 0 Å². The van der Waals surface area contributed by atoms with E-state index in [1.54, 1.807) is 0 Å². The first kappa shape index (κ1) is 30.3. The lowest BCUT2D eigenvalue weighted by Gasteiger charge is -2.23. The minimum atomic E-state index is -0.0330. The first-order chi connectivity index (χ1) is 22.8. The van der Waals surface area contributed by atoms with Gasteiger partial charge in [-0.2, -0.15) is 0 Å². The van der Waals surface area contributed by atoms with Crippen LogP contribution in [0.1, 0.15) is 49.4 Å². The molecule has 234 valence electrons. The Morgan fingerprint density at radius 2 is 0.936 bits per heavy atom. The highest BCUT2D eigenvalue weighted by Gasteiger charge is 2.27. The van der Waals surface area contributed by atoms with Gasteiger partial charge in [0.25, 0.3) is 11.8 Å². The van der Waals surface area contributed by atoms with Crippen molar-refractivity contribution in [2.75, 3.05) is 26.2 Å². The number of carbonyl (C=O) groups excluding carboxylic acids is 2. The largest absolute Gasteiger partial charge is 0.337 e. The molecule has 6 nitrogen and oxygen atoms in total. The number of pyridine rings is 2. The first-order valence-electron chi connectivity index (χ1n) is 16.3. The van der Waals surface area contributed by atoms with Crippen LogP contribution >= 0.6 is 0 Å². The molecule has 47 heavy (non-hydrogen) atoms. The second-order valence-electron chi connectivity index (χ2n) is 12.7. The standard InChI is InChI=1S/C41H38N4O2/c1-26-14-16-30(22-28(26)3)38-24-34(32-10-5-7-12-36(32)42-38)40(46)44-18-9-19-45(21-20-44)41(47)35-25-39(31-17-15-27(2)29(4)23-31)43-37-13-8-6-11-33(35)37/h5-8,10-17,22-25H,9,18-21H2,1-4H3. The summed E-state index contributed by atoms with van der Waals surface area (Å²) in [4.78, 5) is 42.1. The maximum atomic E-state index is 14.2. The second-order valence-corrected chi connectivity index (χ2v) is 12.7. The fourth-order valence-corrected chi connectivity index (χ4v) is 6.47. The van der Waals surface area contributed by atoms with Gasteiger partial charge in [-0.05, 0) is 92.8 Å². The first-order valence-corrected chi connectivity index (χ1v) is 16.3. The van der Waals surface area contributed by atoms with Crippen LogP contribution in [-0.2, 0) is 0 Å². The Morgan fingerprint density at radius 1 is 0.511 bits per heavy atom. The number of carbonyl (C=O) groups is 2. The summed E-state index contributed by atoms with van der Waals surface area (Å²) in [5.41, 5.74) is 11.2. The van der Waals surface area contributed by atoms with Crippen LogP contribution in [0.15, 0.2) is 97.1 Å². The van der Waals surface area contributed by atoms with E-state index < -0.39 is 0 Å². The average Bonchev–Trinajstić information content (AvgIpc) is 3.35. The number of rotatable bonds is 4. The number of para-hydroxylation sites is 2. The average molecular weight is 619 g/mol. The van der Waals surface area contributed by atoms with Crippen LogP contribution < -0.4 is 0 Å². The molecule has 1 aliphatic rings. The Bertz CT molecular complexity index is 2030. The van der Waals surface area contributed by atoms with Crippen molar-refractivity contribution in [1.29, 1.82) is 0 Å². The van der Waals surface area contributed by atoms with E-state index >= 15 is 0 Å². The fourth-order valence-electron chi connectivity index (χ4n) is 6.47. The highest BCUT2D eigenvalue weighted by atomic mass is 16.2. The molecule has 6 heteroatoms. The van der Waals surface area contributed by atoms with E-state index in [4.69, 9.17) is 9.97 Å². The second kappa shape index (κ2) is 12.4. The van der Waals surface area contributed by atoms with E-state index in [0.717, 1.165) is 44.3 Å². The minimum absolute atomic E-state index is 0.0330. The number of aromatic nitrogens is 2. The van der Waals surface area contributed by atoms with E-state index in [9.17, 15) is 9.59 Å². The number of aryl methyl sites for hydroxylation is 4. The van der Waals surface area contributed by atoms with Gasteiger partial charge >= 0.3 is 0 Å². The number of amides is 2. The quantitative estimate of drug-likeness (QED) is 0.199. The Labute approximate surface area is 275 Å². The maximum absolute atomic E-state index is 14.2. The zero-order valence-electron chi connectivity index (χ0n) is 27.4. The minimum Gasteiger partial charge on any atom is -0.337 e. The van der Waals surface area contributed by atoms with Gasteiger partial charge in [0.2, 0.25) is 0 Å². The lowest BCUT2D eigenvalue weighted by molar-refractivity contribution is 0.0720. The molecule has 0 bridgehead atoms. The molecule has 2 amide bonds. The van der Waals surface area contributed by atoms with E-state index in [0.29, 0.717) is 43.7 Å². The molecule has 0 radical (unpaired) electrons. The van der Waals surface area contributed by atoms with Crippen LogP contribution in [0.2, 0.25) is 0 Å². The number of fused-ring (bicyclic) bond motifs is 2.